The SMILES string of the molecule is Cc1cc(C)c2sc(N(CCCN(C)C)C(=O)c3cc(C)no3)nc2c1. The van der Waals surface area contributed by atoms with Crippen molar-refractivity contribution in [2.75, 3.05) is 32.1 Å². The molecule has 0 aliphatic carbocycles. The van der Waals surface area contributed by atoms with Crippen molar-refractivity contribution in [2.45, 2.75) is 27.2 Å². The average molecular weight is 372 g/mol. The molecule has 1 aromatic carbocycles. The number of carbonyl (C=O) groups excluding carboxylic acids is 1. The molecule has 0 aliphatic rings. The van der Waals surface area contributed by atoms with E-state index in [-0.39, 0.29) is 11.7 Å². The van der Waals surface area contributed by atoms with Crippen molar-refractivity contribution in [1.29, 1.82) is 0 Å². The maximum atomic E-state index is 13.0. The predicted octanol–water partition coefficient (Wildman–Crippen LogP) is 3.81. The fourth-order valence-electron chi connectivity index (χ4n) is 2.91. The quantitative estimate of drug-likeness (QED) is 0.658. The summed E-state index contributed by atoms with van der Waals surface area (Å²) in [5.74, 6) is 0.0531. The van der Waals surface area contributed by atoms with E-state index in [0.29, 0.717) is 17.4 Å². The summed E-state index contributed by atoms with van der Waals surface area (Å²) >= 11 is 1.55. The van der Waals surface area contributed by atoms with Gasteiger partial charge in [-0.25, -0.2) is 4.98 Å². The smallest absolute Gasteiger partial charge is 0.298 e. The summed E-state index contributed by atoms with van der Waals surface area (Å²) < 4.78 is 6.31. The lowest BCUT2D eigenvalue weighted by Gasteiger charge is -2.19. The number of carbonyl (C=O) groups is 1. The van der Waals surface area contributed by atoms with Gasteiger partial charge in [-0.15, -0.1) is 0 Å². The van der Waals surface area contributed by atoms with Crippen LogP contribution in [0, 0.1) is 20.8 Å². The minimum atomic E-state index is -0.196. The zero-order valence-corrected chi connectivity index (χ0v) is 16.7. The molecule has 0 radical (unpaired) electrons. The Balaban J connectivity index is 1.96. The average Bonchev–Trinajstić information content (AvgIpc) is 3.17. The van der Waals surface area contributed by atoms with Crippen molar-refractivity contribution in [3.8, 4) is 0 Å². The van der Waals surface area contributed by atoms with Crippen molar-refractivity contribution in [1.82, 2.24) is 15.0 Å². The van der Waals surface area contributed by atoms with Crippen LogP contribution in [0.15, 0.2) is 22.7 Å². The van der Waals surface area contributed by atoms with E-state index in [2.05, 4.69) is 36.0 Å². The van der Waals surface area contributed by atoms with Crippen LogP contribution in [0.4, 0.5) is 5.13 Å². The lowest BCUT2D eigenvalue weighted by Crippen LogP contribution is -2.33. The Kier molecular flexibility index (Phi) is 5.38. The van der Waals surface area contributed by atoms with Crippen molar-refractivity contribution in [3.63, 3.8) is 0 Å². The number of thiazole rings is 1. The molecule has 0 bridgehead atoms. The zero-order valence-electron chi connectivity index (χ0n) is 15.9. The van der Waals surface area contributed by atoms with E-state index in [9.17, 15) is 4.79 Å². The van der Waals surface area contributed by atoms with Gasteiger partial charge in [0.2, 0.25) is 5.76 Å². The third-order valence-electron chi connectivity index (χ3n) is 4.11. The fourth-order valence-corrected chi connectivity index (χ4v) is 3.95. The Labute approximate surface area is 157 Å². The minimum Gasteiger partial charge on any atom is -0.351 e. The number of aryl methyl sites for hydroxylation is 3. The maximum Gasteiger partial charge on any atom is 0.298 e. The molecule has 7 heteroatoms. The zero-order chi connectivity index (χ0) is 18.8. The molecule has 1 amide bonds. The van der Waals surface area contributed by atoms with Crippen LogP contribution in [0.2, 0.25) is 0 Å². The van der Waals surface area contributed by atoms with E-state index >= 15 is 0 Å². The molecule has 2 heterocycles. The highest BCUT2D eigenvalue weighted by molar-refractivity contribution is 7.22. The monoisotopic (exact) mass is 372 g/mol. The first-order valence-electron chi connectivity index (χ1n) is 8.63. The molecule has 0 spiro atoms. The Morgan fingerprint density at radius 2 is 1.92 bits per heavy atom. The molecule has 0 saturated carbocycles. The standard InChI is InChI=1S/C19H24N4O2S/c1-12-9-13(2)17-15(10-12)20-19(26-17)23(8-6-7-22(4)5)18(24)16-11-14(3)21-25-16/h9-11H,6-8H2,1-5H3. The lowest BCUT2D eigenvalue weighted by atomic mass is 10.1. The molecular formula is C19H24N4O2S. The van der Waals surface area contributed by atoms with Crippen molar-refractivity contribution >= 4 is 32.6 Å². The number of nitrogens with zero attached hydrogens (tertiary/aromatic N) is 4. The largest absolute Gasteiger partial charge is 0.351 e. The van der Waals surface area contributed by atoms with Gasteiger partial charge in [0, 0.05) is 12.6 Å². The molecule has 138 valence electrons. The molecule has 3 aromatic rings. The number of rotatable bonds is 6. The molecule has 0 unspecified atom stereocenters. The van der Waals surface area contributed by atoms with Gasteiger partial charge in [-0.2, -0.15) is 0 Å². The lowest BCUT2D eigenvalue weighted by molar-refractivity contribution is 0.0950. The molecule has 0 N–H and O–H groups in total. The van der Waals surface area contributed by atoms with E-state index in [1.54, 1.807) is 29.2 Å². The summed E-state index contributed by atoms with van der Waals surface area (Å²) in [6.07, 6.45) is 0.847. The second-order valence-corrected chi connectivity index (χ2v) is 7.85. The van der Waals surface area contributed by atoms with Crippen LogP contribution in [0.5, 0.6) is 0 Å². The van der Waals surface area contributed by atoms with Crippen LogP contribution in [-0.2, 0) is 0 Å². The van der Waals surface area contributed by atoms with Crippen molar-refractivity contribution < 1.29 is 9.32 Å². The van der Waals surface area contributed by atoms with Crippen molar-refractivity contribution in [3.05, 3.63) is 40.8 Å². The second-order valence-electron chi connectivity index (χ2n) is 6.87. The molecule has 3 rings (SSSR count). The van der Waals surface area contributed by atoms with E-state index in [4.69, 9.17) is 9.51 Å². The Bertz CT molecular complexity index is 929. The van der Waals surface area contributed by atoms with Crippen LogP contribution in [0.1, 0.15) is 33.8 Å². The molecule has 0 atom stereocenters. The number of fused-ring (bicyclic) bond motifs is 1. The molecule has 0 aliphatic heterocycles. The van der Waals surface area contributed by atoms with E-state index < -0.39 is 0 Å². The van der Waals surface area contributed by atoms with Gasteiger partial charge in [0.25, 0.3) is 5.91 Å². The number of aromatic nitrogens is 2. The van der Waals surface area contributed by atoms with Crippen LogP contribution in [0.3, 0.4) is 0 Å². The summed E-state index contributed by atoms with van der Waals surface area (Å²) in [6, 6.07) is 5.87. The molecule has 0 fully saturated rings. The van der Waals surface area contributed by atoms with Gasteiger partial charge in [0.05, 0.1) is 15.9 Å². The topological polar surface area (TPSA) is 62.5 Å². The predicted molar refractivity (Wildman–Crippen MR) is 105 cm³/mol. The molecule has 26 heavy (non-hydrogen) atoms. The van der Waals surface area contributed by atoms with Gasteiger partial charge >= 0.3 is 0 Å². The van der Waals surface area contributed by atoms with E-state index in [0.717, 1.165) is 23.2 Å². The normalized spacial score (nSPS) is 11.5. The fraction of sp³-hybridized carbons (Fsp3) is 0.421. The number of amides is 1. The Hall–Kier alpha value is -2.25. The summed E-state index contributed by atoms with van der Waals surface area (Å²) in [5, 5.41) is 4.54. The van der Waals surface area contributed by atoms with Gasteiger partial charge in [0.15, 0.2) is 5.13 Å². The maximum absolute atomic E-state index is 13.0. The van der Waals surface area contributed by atoms with Crippen molar-refractivity contribution in [2.24, 2.45) is 0 Å². The highest BCUT2D eigenvalue weighted by atomic mass is 32.1. The molecule has 0 saturated heterocycles. The van der Waals surface area contributed by atoms with Crippen LogP contribution in [0.25, 0.3) is 10.2 Å². The third kappa shape index (κ3) is 3.94. The summed E-state index contributed by atoms with van der Waals surface area (Å²) in [7, 11) is 4.05. The van der Waals surface area contributed by atoms with Gasteiger partial charge in [-0.3, -0.25) is 9.69 Å². The second kappa shape index (κ2) is 7.55. The third-order valence-corrected chi connectivity index (χ3v) is 5.34. The summed E-state index contributed by atoms with van der Waals surface area (Å²) in [5.41, 5.74) is 3.97. The number of hydrogen-bond donors (Lipinski definition) is 0. The molecule has 6 nitrogen and oxygen atoms in total. The first-order valence-corrected chi connectivity index (χ1v) is 9.44. The Morgan fingerprint density at radius 3 is 2.58 bits per heavy atom. The van der Waals surface area contributed by atoms with Crippen LogP contribution < -0.4 is 4.90 Å². The van der Waals surface area contributed by atoms with Gasteiger partial charge in [-0.1, -0.05) is 22.6 Å². The first-order chi connectivity index (χ1) is 12.3. The van der Waals surface area contributed by atoms with Gasteiger partial charge < -0.3 is 9.42 Å². The molecular weight excluding hydrogens is 348 g/mol. The van der Waals surface area contributed by atoms with E-state index in [1.807, 2.05) is 14.1 Å². The highest BCUT2D eigenvalue weighted by Gasteiger charge is 2.24. The van der Waals surface area contributed by atoms with E-state index in [1.165, 1.54) is 11.1 Å². The number of benzene rings is 1. The number of anilines is 1. The van der Waals surface area contributed by atoms with Gasteiger partial charge in [0.1, 0.15) is 0 Å². The highest BCUT2D eigenvalue weighted by Crippen LogP contribution is 2.33. The first kappa shape index (κ1) is 18.5. The molecule has 2 aromatic heterocycles. The van der Waals surface area contributed by atoms with Crippen LogP contribution in [-0.4, -0.2) is 48.1 Å². The van der Waals surface area contributed by atoms with Gasteiger partial charge in [-0.05, 0) is 65.0 Å². The summed E-state index contributed by atoms with van der Waals surface area (Å²) in [4.78, 5) is 21.6. The number of hydrogen-bond acceptors (Lipinski definition) is 6. The minimum absolute atomic E-state index is 0.196. The van der Waals surface area contributed by atoms with Crippen LogP contribution >= 0.6 is 11.3 Å². The summed E-state index contributed by atoms with van der Waals surface area (Å²) in [6.45, 7) is 7.41. The Morgan fingerprint density at radius 1 is 1.15 bits per heavy atom.